The largest absolute Gasteiger partial charge is 0.508 e. The van der Waals surface area contributed by atoms with Gasteiger partial charge in [-0.3, -0.25) is 5.21 Å². The number of rotatable bonds is 4. The lowest BCUT2D eigenvalue weighted by Gasteiger charge is -2.17. The number of benzene rings is 1. The average molecular weight is 294 g/mol. The van der Waals surface area contributed by atoms with E-state index in [1.54, 1.807) is 6.92 Å². The van der Waals surface area contributed by atoms with Gasteiger partial charge < -0.3 is 14.2 Å². The van der Waals surface area contributed by atoms with Crippen molar-refractivity contribution in [2.24, 2.45) is 0 Å². The van der Waals surface area contributed by atoms with E-state index in [9.17, 15) is 4.79 Å². The second-order valence-electron chi connectivity index (χ2n) is 5.19. The normalized spacial score (nSPS) is 18.4. The fraction of sp³-hybridized carbons (Fsp3) is 0.467. The first-order chi connectivity index (χ1) is 9.93. The number of ether oxygens (including phenoxy) is 3. The fourth-order valence-electron chi connectivity index (χ4n) is 2.65. The maximum Gasteiger partial charge on any atom is 0.508 e. The molecule has 2 N–H and O–H groups in total. The minimum atomic E-state index is -0.657. The van der Waals surface area contributed by atoms with Gasteiger partial charge in [0.15, 0.2) is 6.10 Å². The highest BCUT2D eigenvalue weighted by molar-refractivity contribution is 5.97. The molecule has 0 amide bonds. The molecule has 6 heteroatoms. The fourth-order valence-corrected chi connectivity index (χ4v) is 2.65. The Balaban J connectivity index is 2.24. The van der Waals surface area contributed by atoms with Crippen LogP contribution in [-0.4, -0.2) is 36.4 Å². The lowest BCUT2D eigenvalue weighted by atomic mass is 9.95. The van der Waals surface area contributed by atoms with Crippen LogP contribution >= 0.6 is 0 Å². The van der Waals surface area contributed by atoms with E-state index in [2.05, 4.69) is 5.16 Å². The first-order valence-corrected chi connectivity index (χ1v) is 6.75. The topological polar surface area (TPSA) is 79.0 Å². The molecule has 0 aliphatic carbocycles. The third-order valence-electron chi connectivity index (χ3n) is 3.51. The third kappa shape index (κ3) is 3.09. The smallest absolute Gasteiger partial charge is 0.489 e. The second kappa shape index (κ2) is 6.03. The summed E-state index contributed by atoms with van der Waals surface area (Å²) in [5.74, 6) is 0.730. The quantitative estimate of drug-likeness (QED) is 0.372. The average Bonchev–Trinajstić information content (AvgIpc) is 2.83. The summed E-state index contributed by atoms with van der Waals surface area (Å²) in [5.41, 5.74) is 4.54. The van der Waals surface area contributed by atoms with Gasteiger partial charge >= 0.3 is 6.16 Å². The maximum absolute atomic E-state index is 10.9. The van der Waals surface area contributed by atoms with Crippen molar-refractivity contribution in [3.8, 4) is 5.75 Å². The van der Waals surface area contributed by atoms with Crippen molar-refractivity contribution in [1.82, 2.24) is 0 Å². The minimum Gasteiger partial charge on any atom is -0.489 e. The molecule has 1 aromatic rings. The molecule has 114 valence electrons. The summed E-state index contributed by atoms with van der Waals surface area (Å²) < 4.78 is 15.5. The van der Waals surface area contributed by atoms with E-state index in [0.29, 0.717) is 5.71 Å². The molecule has 21 heavy (non-hydrogen) atoms. The third-order valence-corrected chi connectivity index (χ3v) is 3.51. The predicted molar refractivity (Wildman–Crippen MR) is 74.9 cm³/mol. The van der Waals surface area contributed by atoms with Crippen molar-refractivity contribution in [3.63, 3.8) is 0 Å². The molecule has 6 nitrogen and oxygen atoms in total. The summed E-state index contributed by atoms with van der Waals surface area (Å²) in [6.45, 7) is 8.11. The van der Waals surface area contributed by atoms with Crippen LogP contribution in [0, 0.1) is 20.8 Å². The SMILES string of the molecule is C/C(=[NH+]\O)c1c(C)cc(C)c(OCC2COC(=O)O2)c1C. The Hall–Kier alpha value is -2.24. The number of aryl methyl sites for hydroxylation is 2. The Labute approximate surface area is 123 Å². The van der Waals surface area contributed by atoms with Crippen LogP contribution in [0.25, 0.3) is 0 Å². The van der Waals surface area contributed by atoms with Gasteiger partial charge in [0.2, 0.25) is 5.71 Å². The zero-order valence-electron chi connectivity index (χ0n) is 12.6. The maximum atomic E-state index is 10.9. The van der Waals surface area contributed by atoms with E-state index in [1.165, 1.54) is 0 Å². The highest BCUT2D eigenvalue weighted by Crippen LogP contribution is 2.29. The van der Waals surface area contributed by atoms with Gasteiger partial charge in [0.25, 0.3) is 0 Å². The molecule has 1 heterocycles. The molecule has 1 aliphatic rings. The zero-order chi connectivity index (χ0) is 15.6. The first-order valence-electron chi connectivity index (χ1n) is 6.75. The van der Waals surface area contributed by atoms with Crippen LogP contribution in [0.4, 0.5) is 4.79 Å². The van der Waals surface area contributed by atoms with Crippen LogP contribution in [0.5, 0.6) is 5.75 Å². The molecular weight excluding hydrogens is 274 g/mol. The molecule has 0 radical (unpaired) electrons. The highest BCUT2D eigenvalue weighted by Gasteiger charge is 2.26. The molecule has 0 saturated carbocycles. The molecule has 0 bridgehead atoms. The summed E-state index contributed by atoms with van der Waals surface area (Å²) in [5, 5.41) is 11.3. The van der Waals surface area contributed by atoms with E-state index < -0.39 is 6.16 Å². The molecule has 0 aromatic heterocycles. The molecule has 1 atom stereocenters. The Bertz CT molecular complexity index is 594. The van der Waals surface area contributed by atoms with E-state index >= 15 is 0 Å². The van der Waals surface area contributed by atoms with Gasteiger partial charge in [0, 0.05) is 12.5 Å². The van der Waals surface area contributed by atoms with Gasteiger partial charge in [-0.1, -0.05) is 6.07 Å². The van der Waals surface area contributed by atoms with Crippen LogP contribution in [0.3, 0.4) is 0 Å². The molecule has 1 fully saturated rings. The number of hydrogen-bond donors (Lipinski definition) is 2. The first kappa shape index (κ1) is 15.2. The summed E-state index contributed by atoms with van der Waals surface area (Å²) >= 11 is 0. The van der Waals surface area contributed by atoms with Gasteiger partial charge in [-0.2, -0.15) is 0 Å². The molecule has 1 aliphatic heterocycles. The van der Waals surface area contributed by atoms with Crippen molar-refractivity contribution in [2.45, 2.75) is 33.8 Å². The number of hydrogen-bond acceptors (Lipinski definition) is 5. The lowest BCUT2D eigenvalue weighted by molar-refractivity contribution is -0.737. The molecule has 1 aromatic carbocycles. The van der Waals surface area contributed by atoms with Crippen molar-refractivity contribution in [2.75, 3.05) is 13.2 Å². The summed E-state index contributed by atoms with van der Waals surface area (Å²) in [6.07, 6.45) is -1.04. The second-order valence-corrected chi connectivity index (χ2v) is 5.19. The summed E-state index contributed by atoms with van der Waals surface area (Å²) in [4.78, 5) is 10.9. The molecule has 1 unspecified atom stereocenters. The zero-order valence-corrected chi connectivity index (χ0v) is 12.6. The molecule has 2 rings (SSSR count). The van der Waals surface area contributed by atoms with Crippen LogP contribution < -0.4 is 9.89 Å². The van der Waals surface area contributed by atoms with Crippen molar-refractivity contribution in [3.05, 3.63) is 28.3 Å². The van der Waals surface area contributed by atoms with Gasteiger partial charge in [0.1, 0.15) is 19.0 Å². The van der Waals surface area contributed by atoms with Gasteiger partial charge in [0.05, 0.1) is 5.56 Å². The van der Waals surface area contributed by atoms with Gasteiger partial charge in [-0.15, -0.1) is 0 Å². The van der Waals surface area contributed by atoms with E-state index in [1.807, 2.05) is 26.8 Å². The lowest BCUT2D eigenvalue weighted by Crippen LogP contribution is -2.68. The number of carbonyl (C=O) groups is 1. The van der Waals surface area contributed by atoms with Gasteiger partial charge in [-0.05, 0) is 37.1 Å². The monoisotopic (exact) mass is 294 g/mol. The van der Waals surface area contributed by atoms with Crippen LogP contribution in [0.1, 0.15) is 29.2 Å². The van der Waals surface area contributed by atoms with Gasteiger partial charge in [-0.25, -0.2) is 4.79 Å². The Morgan fingerprint density at radius 2 is 2.14 bits per heavy atom. The minimum absolute atomic E-state index is 0.207. The molecule has 1 saturated heterocycles. The predicted octanol–water partition coefficient (Wildman–Crippen LogP) is 0.805. The molecular formula is C15H20NO5+. The van der Waals surface area contributed by atoms with Crippen LogP contribution in [-0.2, 0) is 9.47 Å². The number of cyclic esters (lactones) is 2. The Kier molecular flexibility index (Phi) is 4.35. The highest BCUT2D eigenvalue weighted by atomic mass is 16.8. The summed E-state index contributed by atoms with van der Waals surface area (Å²) in [6, 6.07) is 2.00. The van der Waals surface area contributed by atoms with Crippen molar-refractivity contribution >= 4 is 11.9 Å². The van der Waals surface area contributed by atoms with E-state index in [0.717, 1.165) is 28.0 Å². The van der Waals surface area contributed by atoms with E-state index in [4.69, 9.17) is 19.4 Å². The van der Waals surface area contributed by atoms with Crippen molar-refractivity contribution in [1.29, 1.82) is 0 Å². The Morgan fingerprint density at radius 3 is 2.71 bits per heavy atom. The molecule has 0 spiro atoms. The van der Waals surface area contributed by atoms with Crippen molar-refractivity contribution < 1.29 is 29.4 Å². The van der Waals surface area contributed by atoms with E-state index in [-0.39, 0.29) is 19.3 Å². The van der Waals surface area contributed by atoms with Crippen LogP contribution in [0.2, 0.25) is 0 Å². The number of nitrogens with one attached hydrogen (secondary N) is 1. The van der Waals surface area contributed by atoms with Crippen LogP contribution in [0.15, 0.2) is 6.07 Å². The summed E-state index contributed by atoms with van der Waals surface area (Å²) in [7, 11) is 0. The Morgan fingerprint density at radius 1 is 1.43 bits per heavy atom. The standard InChI is InChI=1S/C15H19NO5/c1-8-5-9(2)14(10(3)13(8)11(4)16-18)19-6-12-7-20-15(17)21-12/h5,12,18H,6-7H2,1-4H3/p+1/b16-11+. The number of carbonyl (C=O) groups excluding carboxylic acids is 1.